The molecule has 5 aromatic rings. The summed E-state index contributed by atoms with van der Waals surface area (Å²) in [6, 6.07) is 10.2. The van der Waals surface area contributed by atoms with Gasteiger partial charge in [-0.3, -0.25) is 19.6 Å². The summed E-state index contributed by atoms with van der Waals surface area (Å²) in [5, 5.41) is 2.98. The molecular weight excluding hydrogens is 541 g/mol. The maximum atomic E-state index is 15.3. The first-order chi connectivity index (χ1) is 19.9. The summed E-state index contributed by atoms with van der Waals surface area (Å²) < 4.78 is 15.3. The summed E-state index contributed by atoms with van der Waals surface area (Å²) in [4.78, 5) is 43.0. The first-order valence-electron chi connectivity index (χ1n) is 13.5. The van der Waals surface area contributed by atoms with Crippen molar-refractivity contribution in [2.75, 3.05) is 10.7 Å². The van der Waals surface area contributed by atoms with Gasteiger partial charge in [0.15, 0.2) is 5.78 Å². The summed E-state index contributed by atoms with van der Waals surface area (Å²) in [7, 11) is 0. The number of hydrogen-bond donors (Lipinski definition) is 4. The molecule has 0 saturated heterocycles. The quantitative estimate of drug-likeness (QED) is 0.179. The number of halogens is 1. The van der Waals surface area contributed by atoms with Crippen LogP contribution in [-0.4, -0.2) is 31.6 Å². The molecule has 9 nitrogen and oxygen atoms in total. The second-order valence-corrected chi connectivity index (χ2v) is 11.5. The van der Waals surface area contributed by atoms with E-state index in [-0.39, 0.29) is 17.6 Å². The number of aromatic nitrogens is 4. The lowest BCUT2D eigenvalue weighted by molar-refractivity contribution is -0.119. The van der Waals surface area contributed by atoms with Crippen molar-refractivity contribution in [1.82, 2.24) is 25.4 Å². The van der Waals surface area contributed by atoms with E-state index < -0.39 is 11.9 Å². The Morgan fingerprint density at radius 2 is 1.93 bits per heavy atom. The third kappa shape index (κ3) is 4.66. The summed E-state index contributed by atoms with van der Waals surface area (Å²) in [5.41, 5.74) is 11.2. The van der Waals surface area contributed by atoms with Crippen LogP contribution in [0, 0.1) is 11.7 Å². The number of hydrazine groups is 1. The molecule has 1 amide bonds. The minimum Gasteiger partial charge on any atom is -0.340 e. The lowest BCUT2D eigenvalue weighted by Gasteiger charge is -2.12. The number of anilines is 2. The van der Waals surface area contributed by atoms with E-state index >= 15 is 4.39 Å². The normalized spacial score (nSPS) is 16.6. The average molecular weight is 568 g/mol. The highest BCUT2D eigenvalue weighted by molar-refractivity contribution is 7.17. The predicted molar refractivity (Wildman–Crippen MR) is 156 cm³/mol. The molecular formula is C30H26FN7O2S. The topological polar surface area (TPSA) is 125 Å². The first kappa shape index (κ1) is 25.5. The molecule has 1 atom stereocenters. The molecule has 1 saturated carbocycles. The summed E-state index contributed by atoms with van der Waals surface area (Å²) in [6.07, 6.45) is 8.93. The second kappa shape index (κ2) is 10.2. The highest BCUT2D eigenvalue weighted by atomic mass is 32.1. The van der Waals surface area contributed by atoms with E-state index in [1.807, 2.05) is 24.3 Å². The van der Waals surface area contributed by atoms with Crippen LogP contribution in [0.1, 0.15) is 59.7 Å². The number of nitrogens with zero attached hydrogens (tertiary/aromatic N) is 3. The summed E-state index contributed by atoms with van der Waals surface area (Å²) >= 11 is 1.38. The fourth-order valence-electron chi connectivity index (χ4n) is 5.62. The zero-order valence-electron chi connectivity index (χ0n) is 22.1. The Morgan fingerprint density at radius 3 is 2.73 bits per heavy atom. The van der Waals surface area contributed by atoms with Gasteiger partial charge in [0.2, 0.25) is 5.91 Å². The van der Waals surface area contributed by atoms with E-state index in [0.29, 0.717) is 50.0 Å². The molecule has 4 aromatic heterocycles. The average Bonchev–Trinajstić information content (AvgIpc) is 3.78. The van der Waals surface area contributed by atoms with Crippen LogP contribution in [0.2, 0.25) is 0 Å². The van der Waals surface area contributed by atoms with Crippen LogP contribution in [0.25, 0.3) is 32.7 Å². The lowest BCUT2D eigenvalue weighted by atomic mass is 9.99. The fraction of sp³-hybridized carbons (Fsp3) is 0.233. The number of carbonyl (C=O) groups excluding carboxylic acids is 2. The minimum atomic E-state index is -0.464. The number of hydrogen-bond acceptors (Lipinski definition) is 8. The number of pyridine rings is 2. The molecule has 7 rings (SSSR count). The number of H-pyrrole nitrogens is 1. The number of thiophene rings is 1. The van der Waals surface area contributed by atoms with Gasteiger partial charge < -0.3 is 15.7 Å². The van der Waals surface area contributed by atoms with Crippen LogP contribution in [0.4, 0.5) is 15.8 Å². The van der Waals surface area contributed by atoms with Crippen molar-refractivity contribution < 1.29 is 14.0 Å². The van der Waals surface area contributed by atoms with Crippen LogP contribution >= 0.6 is 11.3 Å². The van der Waals surface area contributed by atoms with E-state index in [2.05, 4.69) is 31.1 Å². The van der Waals surface area contributed by atoms with Crippen LogP contribution in [0.15, 0.2) is 55.0 Å². The molecule has 0 radical (unpaired) electrons. The monoisotopic (exact) mass is 567 g/mol. The molecule has 206 valence electrons. The van der Waals surface area contributed by atoms with Crippen molar-refractivity contribution in [3.05, 3.63) is 77.1 Å². The van der Waals surface area contributed by atoms with Gasteiger partial charge in [-0.05, 0) is 61.7 Å². The van der Waals surface area contributed by atoms with E-state index in [9.17, 15) is 9.59 Å². The van der Waals surface area contributed by atoms with Gasteiger partial charge in [-0.2, -0.15) is 0 Å². The van der Waals surface area contributed by atoms with Crippen molar-refractivity contribution in [1.29, 1.82) is 0 Å². The largest absolute Gasteiger partial charge is 0.340 e. The van der Waals surface area contributed by atoms with Gasteiger partial charge in [0.1, 0.15) is 28.9 Å². The zero-order valence-corrected chi connectivity index (χ0v) is 22.9. The Labute approximate surface area is 238 Å². The number of fused-ring (bicyclic) bond motifs is 2. The number of Topliss-reactive ketones (excluding diaryl/α,β-unsaturated/α-hetero) is 1. The molecule has 0 spiro atoms. The maximum absolute atomic E-state index is 15.3. The predicted octanol–water partition coefficient (Wildman–Crippen LogP) is 6.24. The molecule has 1 aliphatic carbocycles. The van der Waals surface area contributed by atoms with Gasteiger partial charge >= 0.3 is 0 Å². The molecule has 4 N–H and O–H groups in total. The van der Waals surface area contributed by atoms with Gasteiger partial charge in [0.05, 0.1) is 32.8 Å². The lowest BCUT2D eigenvalue weighted by Crippen LogP contribution is -2.20. The van der Waals surface area contributed by atoms with Gasteiger partial charge in [-0.1, -0.05) is 12.8 Å². The number of imidazole rings is 1. The van der Waals surface area contributed by atoms with Gasteiger partial charge in [0.25, 0.3) is 0 Å². The van der Waals surface area contributed by atoms with Crippen LogP contribution < -0.4 is 16.2 Å². The first-order valence-corrected chi connectivity index (χ1v) is 14.3. The third-order valence-electron chi connectivity index (χ3n) is 7.72. The number of rotatable bonds is 6. The van der Waals surface area contributed by atoms with Crippen LogP contribution in [0.3, 0.4) is 0 Å². The Balaban J connectivity index is 1.22. The van der Waals surface area contributed by atoms with E-state index in [0.717, 1.165) is 36.1 Å². The molecule has 1 fully saturated rings. The van der Waals surface area contributed by atoms with Crippen molar-refractivity contribution >= 4 is 45.4 Å². The number of carbonyl (C=O) groups is 2. The molecule has 0 bridgehead atoms. The van der Waals surface area contributed by atoms with Crippen LogP contribution in [-0.2, 0) is 4.79 Å². The molecule has 5 heterocycles. The Morgan fingerprint density at radius 1 is 1.07 bits per heavy atom. The number of amides is 1. The highest BCUT2D eigenvalue weighted by Crippen LogP contribution is 2.39. The molecule has 41 heavy (non-hydrogen) atoms. The summed E-state index contributed by atoms with van der Waals surface area (Å²) in [6.45, 7) is 1.54. The number of nitrogens with one attached hydrogen (secondary N) is 4. The molecule has 1 unspecified atom stereocenters. The van der Waals surface area contributed by atoms with Gasteiger partial charge in [0, 0.05) is 29.4 Å². The number of aromatic amines is 1. The van der Waals surface area contributed by atoms with Crippen LogP contribution in [0.5, 0.6) is 0 Å². The van der Waals surface area contributed by atoms with Crippen molar-refractivity contribution in [2.24, 2.45) is 5.92 Å². The second-order valence-electron chi connectivity index (χ2n) is 10.5. The minimum absolute atomic E-state index is 0.00346. The zero-order chi connectivity index (χ0) is 28.1. The van der Waals surface area contributed by atoms with E-state index in [1.54, 1.807) is 31.6 Å². The van der Waals surface area contributed by atoms with Crippen molar-refractivity contribution in [3.8, 4) is 21.7 Å². The molecule has 11 heteroatoms. The Bertz CT molecular complexity index is 1820. The van der Waals surface area contributed by atoms with Crippen molar-refractivity contribution in [3.63, 3.8) is 0 Å². The summed E-state index contributed by atoms with van der Waals surface area (Å²) in [5.74, 6) is 0.222. The molecule has 2 aliphatic rings. The number of benzene rings is 1. The van der Waals surface area contributed by atoms with Gasteiger partial charge in [-0.25, -0.2) is 14.8 Å². The molecule has 1 aliphatic heterocycles. The third-order valence-corrected chi connectivity index (χ3v) is 8.91. The fourth-order valence-corrected chi connectivity index (χ4v) is 6.52. The Hall–Kier alpha value is -4.48. The molecule has 1 aromatic carbocycles. The van der Waals surface area contributed by atoms with Crippen molar-refractivity contribution in [2.45, 2.75) is 38.6 Å². The standard InChI is InChI=1S/C30H26FN7O2S/c1-15(39)23-6-7-24(41-23)28-27-22(8-9-33-28)35-29(36-27)26-20-11-17(12-21(31)25(20)37-38-26)18-10-19(14-32-13-18)34-30(40)16-4-2-3-5-16/h6-14,16,26,37-38H,2-5H2,1H3,(H,34,40)(H,35,36). The van der Waals surface area contributed by atoms with Gasteiger partial charge in [-0.15, -0.1) is 11.3 Å². The Kier molecular flexibility index (Phi) is 6.32. The van der Waals surface area contributed by atoms with E-state index in [1.165, 1.54) is 17.4 Å². The highest BCUT2D eigenvalue weighted by Gasteiger charge is 2.30. The van der Waals surface area contributed by atoms with E-state index in [4.69, 9.17) is 4.98 Å². The number of ketones is 1. The smallest absolute Gasteiger partial charge is 0.227 e. The SMILES string of the molecule is CC(=O)c1ccc(-c2nccc3[nH]c(C4NNc5c(F)cc(-c6cncc(NC(=O)C7CCCC7)c6)cc54)nc23)s1. The maximum Gasteiger partial charge on any atom is 0.227 e.